The molecule has 23 heavy (non-hydrogen) atoms. The lowest BCUT2D eigenvalue weighted by Gasteiger charge is -2.27. The quantitative estimate of drug-likeness (QED) is 0.606. The van der Waals surface area contributed by atoms with Crippen molar-refractivity contribution in [3.63, 3.8) is 0 Å². The van der Waals surface area contributed by atoms with Crippen molar-refractivity contribution in [2.75, 3.05) is 13.7 Å². The summed E-state index contributed by atoms with van der Waals surface area (Å²) in [5.74, 6) is 0.971. The van der Waals surface area contributed by atoms with Gasteiger partial charge >= 0.3 is 0 Å². The molecule has 0 amide bonds. The van der Waals surface area contributed by atoms with Crippen molar-refractivity contribution in [1.82, 2.24) is 0 Å². The van der Waals surface area contributed by atoms with Crippen LogP contribution in [0.2, 0.25) is 0 Å². The molecule has 0 N–H and O–H groups in total. The van der Waals surface area contributed by atoms with Gasteiger partial charge in [-0.3, -0.25) is 0 Å². The van der Waals surface area contributed by atoms with Gasteiger partial charge in [0.15, 0.2) is 11.8 Å². The minimum atomic E-state index is -4.94. The monoisotopic (exact) mass is 343 g/mol. The Hall–Kier alpha value is -1.18. The van der Waals surface area contributed by atoms with Crippen LogP contribution in [-0.2, 0) is 0 Å². The lowest BCUT2D eigenvalue weighted by molar-refractivity contribution is -2.00. The molecule has 0 aliphatic carbocycles. The largest absolute Gasteiger partial charge is 0.497 e. The highest BCUT2D eigenvalue weighted by Gasteiger charge is 2.32. The van der Waals surface area contributed by atoms with Crippen molar-refractivity contribution in [1.29, 1.82) is 0 Å². The van der Waals surface area contributed by atoms with Crippen molar-refractivity contribution >= 4 is 5.71 Å². The maximum atomic E-state index is 8.49. The number of benzene rings is 1. The molecule has 1 atom stereocenters. The Morgan fingerprint density at radius 2 is 1.78 bits per heavy atom. The maximum absolute atomic E-state index is 8.49. The van der Waals surface area contributed by atoms with Gasteiger partial charge < -0.3 is 4.74 Å². The number of hydrogen-bond acceptors (Lipinski definition) is 5. The molecule has 2 heterocycles. The second kappa shape index (κ2) is 8.08. The zero-order valence-electron chi connectivity index (χ0n) is 13.2. The van der Waals surface area contributed by atoms with Gasteiger partial charge in [0.05, 0.1) is 7.11 Å². The minimum absolute atomic E-state index is 0.800. The zero-order chi connectivity index (χ0) is 16.9. The molecule has 7 heteroatoms. The van der Waals surface area contributed by atoms with Crippen LogP contribution in [0.3, 0.4) is 0 Å². The first-order valence-electron chi connectivity index (χ1n) is 7.77. The SMILES string of the molecule is COc1cccc(C2=[N+]3CCCCC3CCC2)c1.[O-][Cl+3]([O-])([O-])[O-]. The molecule has 0 bridgehead atoms. The number of nitrogens with zero attached hydrogens (tertiary/aromatic N) is 1. The first-order valence-corrected chi connectivity index (χ1v) is 9.00. The van der Waals surface area contributed by atoms with Crippen molar-refractivity contribution in [3.8, 4) is 5.75 Å². The summed E-state index contributed by atoms with van der Waals surface area (Å²) in [7, 11) is -3.20. The van der Waals surface area contributed by atoms with E-state index in [0.29, 0.717) is 0 Å². The molecule has 1 fully saturated rings. The predicted octanol–water partition coefficient (Wildman–Crippen LogP) is -1.52. The third kappa shape index (κ3) is 5.75. The standard InChI is InChI=1S/C16H22NO.ClHO4/c1-18-15-9-4-6-13(12-15)16-10-5-8-14-7-2-3-11-17(14)16;2-1(3,4)5/h4,6,9,12,14H,2-3,5,7-8,10-11H2,1H3;(H,2,3,4,5)/q+1;/p-1. The third-order valence-electron chi connectivity index (χ3n) is 4.33. The van der Waals surface area contributed by atoms with E-state index in [1.54, 1.807) is 12.8 Å². The number of halogens is 1. The molecule has 6 nitrogen and oxygen atoms in total. The molecule has 128 valence electrons. The molecular weight excluding hydrogens is 322 g/mol. The highest BCUT2D eigenvalue weighted by atomic mass is 35.7. The fourth-order valence-corrected chi connectivity index (χ4v) is 3.42. The molecule has 2 aliphatic heterocycles. The van der Waals surface area contributed by atoms with Crippen LogP contribution in [0, 0.1) is 10.2 Å². The molecule has 0 aromatic heterocycles. The Morgan fingerprint density at radius 1 is 1.09 bits per heavy atom. The molecule has 1 aromatic carbocycles. The van der Waals surface area contributed by atoms with Gasteiger partial charge in [-0.1, -0.05) is 6.07 Å². The zero-order valence-corrected chi connectivity index (χ0v) is 14.0. The van der Waals surface area contributed by atoms with Crippen molar-refractivity contribution in [2.24, 2.45) is 0 Å². The second-order valence-electron chi connectivity index (χ2n) is 5.79. The van der Waals surface area contributed by atoms with Gasteiger partial charge in [0.25, 0.3) is 0 Å². The first-order chi connectivity index (χ1) is 10.9. The van der Waals surface area contributed by atoms with Gasteiger partial charge in [-0.2, -0.15) is 0 Å². The van der Waals surface area contributed by atoms with Crippen molar-refractivity contribution in [3.05, 3.63) is 29.8 Å². The van der Waals surface area contributed by atoms with E-state index in [-0.39, 0.29) is 0 Å². The van der Waals surface area contributed by atoms with Crippen LogP contribution in [0.15, 0.2) is 24.3 Å². The molecule has 1 unspecified atom stereocenters. The van der Waals surface area contributed by atoms with E-state index in [1.165, 1.54) is 50.6 Å². The number of piperidine rings is 1. The van der Waals surface area contributed by atoms with Crippen molar-refractivity contribution in [2.45, 2.75) is 44.6 Å². The first kappa shape index (κ1) is 18.2. The smallest absolute Gasteiger partial charge is 0.183 e. The summed E-state index contributed by atoms with van der Waals surface area (Å²) < 4.78 is 42.0. The number of ether oxygens (including phenoxy) is 1. The summed E-state index contributed by atoms with van der Waals surface area (Å²) in [4.78, 5) is 0. The molecule has 0 radical (unpaired) electrons. The van der Waals surface area contributed by atoms with E-state index in [1.807, 2.05) is 6.07 Å². The fourth-order valence-electron chi connectivity index (χ4n) is 3.42. The Kier molecular flexibility index (Phi) is 6.38. The van der Waals surface area contributed by atoms with Gasteiger partial charge in [-0.25, -0.2) is 23.2 Å². The third-order valence-corrected chi connectivity index (χ3v) is 4.33. The number of rotatable bonds is 2. The molecule has 0 spiro atoms. The van der Waals surface area contributed by atoms with Gasteiger partial charge in [0.2, 0.25) is 0 Å². The highest BCUT2D eigenvalue weighted by Crippen LogP contribution is 2.26. The van der Waals surface area contributed by atoms with Crippen LogP contribution < -0.4 is 23.4 Å². The number of methoxy groups -OCH3 is 1. The Labute approximate surface area is 138 Å². The van der Waals surface area contributed by atoms with Crippen LogP contribution in [-0.4, -0.2) is 30.0 Å². The topological polar surface area (TPSA) is 104 Å². The lowest BCUT2D eigenvalue weighted by atomic mass is 9.91. The second-order valence-corrected chi connectivity index (χ2v) is 6.55. The van der Waals surface area contributed by atoms with E-state index in [4.69, 9.17) is 23.4 Å². The summed E-state index contributed by atoms with van der Waals surface area (Å²) in [6.45, 7) is 1.25. The van der Waals surface area contributed by atoms with E-state index in [2.05, 4.69) is 22.8 Å². The maximum Gasteiger partial charge on any atom is 0.183 e. The summed E-state index contributed by atoms with van der Waals surface area (Å²) in [5, 5.41) is 0. The van der Waals surface area contributed by atoms with Crippen LogP contribution in [0.4, 0.5) is 0 Å². The predicted molar refractivity (Wildman–Crippen MR) is 73.7 cm³/mol. The average Bonchev–Trinajstić information content (AvgIpc) is 2.53. The Bertz CT molecular complexity index is 550. The molecule has 3 rings (SSSR count). The Balaban J connectivity index is 0.000000338. The van der Waals surface area contributed by atoms with E-state index in [0.717, 1.165) is 11.8 Å². The van der Waals surface area contributed by atoms with Crippen LogP contribution in [0.1, 0.15) is 44.1 Å². The molecule has 2 aliphatic rings. The highest BCUT2D eigenvalue weighted by molar-refractivity contribution is 5.97. The molecule has 1 aromatic rings. The van der Waals surface area contributed by atoms with Crippen LogP contribution >= 0.6 is 0 Å². The lowest BCUT2D eigenvalue weighted by Crippen LogP contribution is -2.68. The van der Waals surface area contributed by atoms with E-state index < -0.39 is 10.2 Å². The van der Waals surface area contributed by atoms with Gasteiger partial charge in [0, 0.05) is 31.2 Å². The van der Waals surface area contributed by atoms with Gasteiger partial charge in [-0.15, -0.1) is 10.2 Å². The summed E-state index contributed by atoms with van der Waals surface area (Å²) >= 11 is 0. The number of hydrogen-bond donors (Lipinski definition) is 0. The van der Waals surface area contributed by atoms with Gasteiger partial charge in [0.1, 0.15) is 12.3 Å². The summed E-state index contributed by atoms with van der Waals surface area (Å²) in [6, 6.07) is 9.35. The van der Waals surface area contributed by atoms with Crippen LogP contribution in [0.5, 0.6) is 5.75 Å². The molecule has 0 saturated carbocycles. The van der Waals surface area contributed by atoms with Gasteiger partial charge in [-0.05, 0) is 31.0 Å². The molecule has 1 saturated heterocycles. The molecular formula is C16H22ClNO5. The minimum Gasteiger partial charge on any atom is -0.497 e. The summed E-state index contributed by atoms with van der Waals surface area (Å²) in [5.41, 5.74) is 2.91. The number of fused-ring (bicyclic) bond motifs is 1. The normalized spacial score (nSPS) is 21.2. The summed E-state index contributed by atoms with van der Waals surface area (Å²) in [6.07, 6.45) is 8.09. The fraction of sp³-hybridized carbons (Fsp3) is 0.562. The Morgan fingerprint density at radius 3 is 2.48 bits per heavy atom. The van der Waals surface area contributed by atoms with E-state index in [9.17, 15) is 0 Å². The van der Waals surface area contributed by atoms with E-state index >= 15 is 0 Å². The van der Waals surface area contributed by atoms with Crippen molar-refractivity contribution < 1.29 is 38.2 Å². The average molecular weight is 344 g/mol. The van der Waals surface area contributed by atoms with Crippen LogP contribution in [0.25, 0.3) is 0 Å².